The highest BCUT2D eigenvalue weighted by atomic mass is 32.2. The monoisotopic (exact) mass is 251 g/mol. The van der Waals surface area contributed by atoms with Gasteiger partial charge in [-0.25, -0.2) is 4.39 Å². The molecule has 88 valence electrons. The highest BCUT2D eigenvalue weighted by Crippen LogP contribution is 2.33. The van der Waals surface area contributed by atoms with Crippen molar-refractivity contribution in [1.29, 1.82) is 5.26 Å². The average molecular weight is 251 g/mol. The number of rotatable bonds is 2. The maximum atomic E-state index is 13.6. The van der Waals surface area contributed by atoms with Gasteiger partial charge in [-0.2, -0.15) is 5.26 Å². The Morgan fingerprint density at radius 1 is 1.59 bits per heavy atom. The maximum absolute atomic E-state index is 13.6. The molecule has 0 aliphatic carbocycles. The molecule has 1 fully saturated rings. The molecule has 1 saturated heterocycles. The third-order valence-corrected chi connectivity index (χ3v) is 3.71. The topological polar surface area (TPSA) is 50.1 Å². The number of cyclic esters (lactones) is 1. The summed E-state index contributed by atoms with van der Waals surface area (Å²) in [5.41, 5.74) is 0.272. The number of nitriles is 1. The van der Waals surface area contributed by atoms with Gasteiger partial charge in [-0.05, 0) is 25.1 Å². The van der Waals surface area contributed by atoms with Crippen LogP contribution in [0.4, 0.5) is 4.39 Å². The molecular weight excluding hydrogens is 241 g/mol. The third kappa shape index (κ3) is 2.59. The van der Waals surface area contributed by atoms with Crippen molar-refractivity contribution in [3.05, 3.63) is 29.6 Å². The molecule has 0 amide bonds. The Balaban J connectivity index is 2.14. The predicted octanol–water partition coefficient (Wildman–Crippen LogP) is 2.49. The zero-order chi connectivity index (χ0) is 12.4. The Kier molecular flexibility index (Phi) is 3.34. The Bertz CT molecular complexity index is 498. The number of halogens is 1. The largest absolute Gasteiger partial charge is 0.462 e. The molecule has 3 nitrogen and oxygen atoms in total. The molecule has 0 bridgehead atoms. The van der Waals surface area contributed by atoms with Crippen LogP contribution in [0.1, 0.15) is 18.9 Å². The fourth-order valence-corrected chi connectivity index (χ4v) is 2.78. The first-order valence-corrected chi connectivity index (χ1v) is 6.05. The second kappa shape index (κ2) is 4.76. The smallest absolute Gasteiger partial charge is 0.319 e. The minimum absolute atomic E-state index is 0.110. The van der Waals surface area contributed by atoms with Crippen molar-refractivity contribution >= 4 is 17.7 Å². The summed E-state index contributed by atoms with van der Waals surface area (Å²) in [6.45, 7) is 1.81. The van der Waals surface area contributed by atoms with Crippen LogP contribution in [0.5, 0.6) is 0 Å². The van der Waals surface area contributed by atoms with Gasteiger partial charge in [0.15, 0.2) is 0 Å². The lowest BCUT2D eigenvalue weighted by Crippen LogP contribution is -2.09. The molecule has 0 N–H and O–H groups in total. The Morgan fingerprint density at radius 2 is 2.35 bits per heavy atom. The maximum Gasteiger partial charge on any atom is 0.319 e. The van der Waals surface area contributed by atoms with E-state index in [1.807, 2.05) is 13.0 Å². The van der Waals surface area contributed by atoms with E-state index in [2.05, 4.69) is 0 Å². The van der Waals surface area contributed by atoms with Crippen LogP contribution in [-0.4, -0.2) is 17.3 Å². The van der Waals surface area contributed by atoms with Crippen LogP contribution in [0.25, 0.3) is 0 Å². The SMILES string of the molecule is CC1CC(Sc2ccc(C#N)cc2F)C(=O)O1. The molecule has 0 spiro atoms. The van der Waals surface area contributed by atoms with Crippen molar-refractivity contribution in [2.24, 2.45) is 0 Å². The summed E-state index contributed by atoms with van der Waals surface area (Å²) in [5, 5.41) is 8.26. The summed E-state index contributed by atoms with van der Waals surface area (Å²) >= 11 is 1.15. The molecule has 2 unspecified atom stereocenters. The summed E-state index contributed by atoms with van der Waals surface area (Å²) in [5.74, 6) is -0.771. The number of ether oxygens (including phenoxy) is 1. The van der Waals surface area contributed by atoms with E-state index in [1.165, 1.54) is 18.2 Å². The Hall–Kier alpha value is -1.54. The predicted molar refractivity (Wildman–Crippen MR) is 60.9 cm³/mol. The van der Waals surface area contributed by atoms with Gasteiger partial charge in [0.1, 0.15) is 17.2 Å². The van der Waals surface area contributed by atoms with Crippen molar-refractivity contribution in [1.82, 2.24) is 0 Å². The summed E-state index contributed by atoms with van der Waals surface area (Å²) in [7, 11) is 0. The zero-order valence-corrected chi connectivity index (χ0v) is 9.96. The first kappa shape index (κ1) is 11.9. The van der Waals surface area contributed by atoms with Crippen molar-refractivity contribution in [2.75, 3.05) is 0 Å². The van der Waals surface area contributed by atoms with Gasteiger partial charge in [0.25, 0.3) is 0 Å². The van der Waals surface area contributed by atoms with E-state index in [9.17, 15) is 9.18 Å². The van der Waals surface area contributed by atoms with Crippen molar-refractivity contribution in [3.63, 3.8) is 0 Å². The molecule has 0 saturated carbocycles. The van der Waals surface area contributed by atoms with Crippen molar-refractivity contribution < 1.29 is 13.9 Å². The molecule has 0 radical (unpaired) electrons. The third-order valence-electron chi connectivity index (χ3n) is 2.46. The van der Waals surface area contributed by atoms with Crippen LogP contribution in [0.2, 0.25) is 0 Å². The van der Waals surface area contributed by atoms with Crippen molar-refractivity contribution in [3.8, 4) is 6.07 Å². The first-order valence-electron chi connectivity index (χ1n) is 5.17. The fraction of sp³-hybridized carbons (Fsp3) is 0.333. The van der Waals surface area contributed by atoms with E-state index in [4.69, 9.17) is 10.00 Å². The molecule has 1 aromatic carbocycles. The molecule has 1 aliphatic rings. The number of thioether (sulfide) groups is 1. The standard InChI is InChI=1S/C12H10FNO2S/c1-7-4-11(12(15)16-7)17-10-3-2-8(6-14)5-9(10)13/h2-3,5,7,11H,4H2,1H3. The van der Waals surface area contributed by atoms with E-state index in [0.717, 1.165) is 11.8 Å². The molecular formula is C12H10FNO2S. The lowest BCUT2D eigenvalue weighted by atomic mass is 10.2. The molecule has 5 heteroatoms. The van der Waals surface area contributed by atoms with E-state index < -0.39 is 5.82 Å². The molecule has 1 aromatic rings. The van der Waals surface area contributed by atoms with Crippen LogP contribution >= 0.6 is 11.8 Å². The van der Waals surface area contributed by atoms with Gasteiger partial charge in [0, 0.05) is 11.3 Å². The number of esters is 1. The van der Waals surface area contributed by atoms with E-state index in [0.29, 0.717) is 11.3 Å². The molecule has 2 rings (SSSR count). The summed E-state index contributed by atoms with van der Waals surface area (Å²) < 4.78 is 18.6. The van der Waals surface area contributed by atoms with E-state index in [1.54, 1.807) is 0 Å². The Labute approximate surface area is 103 Å². The van der Waals surface area contributed by atoms with Crippen LogP contribution in [0.15, 0.2) is 23.1 Å². The molecule has 17 heavy (non-hydrogen) atoms. The van der Waals surface area contributed by atoms with Crippen LogP contribution in [0.3, 0.4) is 0 Å². The number of carbonyl (C=O) groups is 1. The van der Waals surface area contributed by atoms with Crippen LogP contribution in [0, 0.1) is 17.1 Å². The van der Waals surface area contributed by atoms with Gasteiger partial charge in [0.2, 0.25) is 0 Å². The highest BCUT2D eigenvalue weighted by Gasteiger charge is 2.33. The van der Waals surface area contributed by atoms with E-state index >= 15 is 0 Å². The fourth-order valence-electron chi connectivity index (χ4n) is 1.64. The average Bonchev–Trinajstić information content (AvgIpc) is 2.60. The van der Waals surface area contributed by atoms with Gasteiger partial charge < -0.3 is 4.74 Å². The van der Waals surface area contributed by atoms with Crippen LogP contribution < -0.4 is 0 Å². The lowest BCUT2D eigenvalue weighted by molar-refractivity contribution is -0.140. The summed E-state index contributed by atoms with van der Waals surface area (Å²) in [6.07, 6.45) is 0.476. The van der Waals surface area contributed by atoms with Gasteiger partial charge in [0.05, 0.1) is 11.6 Å². The van der Waals surface area contributed by atoms with Gasteiger partial charge in [-0.1, -0.05) is 0 Å². The second-order valence-electron chi connectivity index (χ2n) is 3.85. The summed E-state index contributed by atoms with van der Waals surface area (Å²) in [4.78, 5) is 11.8. The lowest BCUT2D eigenvalue weighted by Gasteiger charge is -2.06. The van der Waals surface area contributed by atoms with Gasteiger partial charge >= 0.3 is 5.97 Å². The Morgan fingerprint density at radius 3 is 2.88 bits per heavy atom. The summed E-state index contributed by atoms with van der Waals surface area (Å²) in [6, 6.07) is 6.10. The number of hydrogen-bond donors (Lipinski definition) is 0. The van der Waals surface area contributed by atoms with Crippen molar-refractivity contribution in [2.45, 2.75) is 29.6 Å². The second-order valence-corrected chi connectivity index (χ2v) is 5.09. The number of hydrogen-bond acceptors (Lipinski definition) is 4. The number of nitrogens with zero attached hydrogens (tertiary/aromatic N) is 1. The number of benzene rings is 1. The minimum Gasteiger partial charge on any atom is -0.462 e. The van der Waals surface area contributed by atoms with E-state index in [-0.39, 0.29) is 22.9 Å². The van der Waals surface area contributed by atoms with Gasteiger partial charge in [-0.15, -0.1) is 11.8 Å². The first-order chi connectivity index (χ1) is 8.10. The quantitative estimate of drug-likeness (QED) is 0.758. The molecule has 2 atom stereocenters. The normalized spacial score (nSPS) is 23.2. The molecule has 1 aliphatic heterocycles. The van der Waals surface area contributed by atoms with Gasteiger partial charge in [-0.3, -0.25) is 4.79 Å². The highest BCUT2D eigenvalue weighted by molar-refractivity contribution is 8.00. The van der Waals surface area contributed by atoms with Crippen LogP contribution in [-0.2, 0) is 9.53 Å². The molecule has 1 heterocycles. The minimum atomic E-state index is -0.471. The molecule has 0 aromatic heterocycles. The number of carbonyl (C=O) groups excluding carboxylic acids is 1. The zero-order valence-electron chi connectivity index (χ0n) is 9.14.